The highest BCUT2D eigenvalue weighted by Gasteiger charge is 2.12. The average molecular weight is 275 g/mol. The molecule has 3 aromatic carbocycles. The van der Waals surface area contributed by atoms with E-state index in [1.807, 2.05) is 0 Å². The van der Waals surface area contributed by atoms with Gasteiger partial charge in [0.25, 0.3) is 0 Å². The van der Waals surface area contributed by atoms with Crippen LogP contribution in [0.25, 0.3) is 10.8 Å². The maximum absolute atomic E-state index is 6.55. The molecule has 1 heteroatoms. The highest BCUT2D eigenvalue weighted by atomic mass is 14.6. The SMILES string of the molecule is CCCc1cccc(C(N)c2cccc3ccccc23)c1. The minimum absolute atomic E-state index is 0.0760. The largest absolute Gasteiger partial charge is 0.320 e. The topological polar surface area (TPSA) is 26.0 Å². The van der Waals surface area contributed by atoms with Crippen LogP contribution in [0.5, 0.6) is 0 Å². The van der Waals surface area contributed by atoms with Gasteiger partial charge in [0, 0.05) is 0 Å². The third-order valence-corrected chi connectivity index (χ3v) is 4.01. The summed E-state index contributed by atoms with van der Waals surface area (Å²) >= 11 is 0. The fraction of sp³-hybridized carbons (Fsp3) is 0.200. The van der Waals surface area contributed by atoms with Crippen LogP contribution in [0.2, 0.25) is 0 Å². The highest BCUT2D eigenvalue weighted by Crippen LogP contribution is 2.27. The summed E-state index contributed by atoms with van der Waals surface area (Å²) < 4.78 is 0. The second kappa shape index (κ2) is 6.11. The van der Waals surface area contributed by atoms with Gasteiger partial charge in [0.05, 0.1) is 6.04 Å². The Bertz CT molecular complexity index is 740. The Morgan fingerprint density at radius 1 is 0.905 bits per heavy atom. The predicted octanol–water partition coefficient (Wildman–Crippen LogP) is 4.84. The Morgan fingerprint density at radius 2 is 1.67 bits per heavy atom. The van der Waals surface area contributed by atoms with E-state index in [4.69, 9.17) is 5.73 Å². The molecule has 0 aromatic heterocycles. The Hall–Kier alpha value is -2.12. The molecule has 0 aliphatic carbocycles. The van der Waals surface area contributed by atoms with Crippen LogP contribution in [0.15, 0.2) is 66.7 Å². The summed E-state index contributed by atoms with van der Waals surface area (Å²) in [7, 11) is 0. The van der Waals surface area contributed by atoms with Crippen molar-refractivity contribution in [3.05, 3.63) is 83.4 Å². The van der Waals surface area contributed by atoms with Gasteiger partial charge in [-0.3, -0.25) is 0 Å². The van der Waals surface area contributed by atoms with Gasteiger partial charge in [0.15, 0.2) is 0 Å². The monoisotopic (exact) mass is 275 g/mol. The molecule has 0 radical (unpaired) electrons. The van der Waals surface area contributed by atoms with Crippen LogP contribution in [-0.2, 0) is 6.42 Å². The fourth-order valence-electron chi connectivity index (χ4n) is 2.93. The van der Waals surface area contributed by atoms with Crippen LogP contribution in [-0.4, -0.2) is 0 Å². The lowest BCUT2D eigenvalue weighted by molar-refractivity contribution is 0.865. The van der Waals surface area contributed by atoms with E-state index >= 15 is 0 Å². The second-order valence-corrected chi connectivity index (χ2v) is 5.54. The third-order valence-electron chi connectivity index (χ3n) is 4.01. The Morgan fingerprint density at radius 3 is 2.52 bits per heavy atom. The molecular formula is C20H21N. The van der Waals surface area contributed by atoms with Gasteiger partial charge in [-0.05, 0) is 33.9 Å². The molecule has 0 bridgehead atoms. The van der Waals surface area contributed by atoms with Crippen LogP contribution < -0.4 is 5.73 Å². The lowest BCUT2D eigenvalue weighted by atomic mass is 9.93. The van der Waals surface area contributed by atoms with Gasteiger partial charge in [-0.15, -0.1) is 0 Å². The number of rotatable bonds is 4. The van der Waals surface area contributed by atoms with Gasteiger partial charge in [0.1, 0.15) is 0 Å². The van der Waals surface area contributed by atoms with Crippen molar-refractivity contribution in [1.29, 1.82) is 0 Å². The lowest BCUT2D eigenvalue weighted by Crippen LogP contribution is -2.12. The van der Waals surface area contributed by atoms with Crippen molar-refractivity contribution in [2.75, 3.05) is 0 Å². The van der Waals surface area contributed by atoms with Crippen LogP contribution in [0.1, 0.15) is 36.1 Å². The van der Waals surface area contributed by atoms with Gasteiger partial charge >= 0.3 is 0 Å². The first-order valence-electron chi connectivity index (χ1n) is 7.61. The number of nitrogens with two attached hydrogens (primary N) is 1. The number of benzene rings is 3. The van der Waals surface area contributed by atoms with Crippen LogP contribution in [0, 0.1) is 0 Å². The molecular weight excluding hydrogens is 254 g/mol. The molecule has 3 rings (SSSR count). The maximum atomic E-state index is 6.55. The number of hydrogen-bond donors (Lipinski definition) is 1. The normalized spacial score (nSPS) is 12.5. The standard InChI is InChI=1S/C20H21N/c1-2-7-15-8-5-11-17(14-15)20(21)19-13-6-10-16-9-3-4-12-18(16)19/h3-6,8-14,20H,2,7,21H2,1H3. The minimum atomic E-state index is -0.0760. The quantitative estimate of drug-likeness (QED) is 0.724. The number of aryl methyl sites for hydroxylation is 1. The Labute approximate surface area is 126 Å². The summed E-state index contributed by atoms with van der Waals surface area (Å²) in [6.45, 7) is 2.21. The zero-order chi connectivity index (χ0) is 14.7. The van der Waals surface area contributed by atoms with Gasteiger partial charge < -0.3 is 5.73 Å². The molecule has 1 unspecified atom stereocenters. The lowest BCUT2D eigenvalue weighted by Gasteiger charge is -2.16. The first-order valence-corrected chi connectivity index (χ1v) is 7.61. The second-order valence-electron chi connectivity index (χ2n) is 5.54. The number of hydrogen-bond acceptors (Lipinski definition) is 1. The van der Waals surface area contributed by atoms with E-state index in [0.717, 1.165) is 12.8 Å². The summed E-state index contributed by atoms with van der Waals surface area (Å²) in [5.74, 6) is 0. The van der Waals surface area contributed by atoms with Gasteiger partial charge in [-0.25, -0.2) is 0 Å². The van der Waals surface area contributed by atoms with E-state index in [0.29, 0.717) is 0 Å². The van der Waals surface area contributed by atoms with E-state index in [9.17, 15) is 0 Å². The van der Waals surface area contributed by atoms with Crippen molar-refractivity contribution >= 4 is 10.8 Å². The molecule has 0 saturated carbocycles. The van der Waals surface area contributed by atoms with Crippen LogP contribution >= 0.6 is 0 Å². The zero-order valence-electron chi connectivity index (χ0n) is 12.4. The van der Waals surface area contributed by atoms with E-state index in [-0.39, 0.29) is 6.04 Å². The summed E-state index contributed by atoms with van der Waals surface area (Å²) in [6, 6.07) is 23.4. The first kappa shape index (κ1) is 13.8. The smallest absolute Gasteiger partial charge is 0.0557 e. The molecule has 0 aliphatic rings. The summed E-state index contributed by atoms with van der Waals surface area (Å²) in [5.41, 5.74) is 10.3. The molecule has 0 fully saturated rings. The molecule has 0 heterocycles. The average Bonchev–Trinajstić information content (AvgIpc) is 2.54. The summed E-state index contributed by atoms with van der Waals surface area (Å²) in [6.07, 6.45) is 2.27. The summed E-state index contributed by atoms with van der Waals surface area (Å²) in [4.78, 5) is 0. The van der Waals surface area contributed by atoms with E-state index in [2.05, 4.69) is 73.7 Å². The van der Waals surface area contributed by atoms with Crippen molar-refractivity contribution < 1.29 is 0 Å². The van der Waals surface area contributed by atoms with E-state index < -0.39 is 0 Å². The van der Waals surface area contributed by atoms with Crippen molar-refractivity contribution in [2.45, 2.75) is 25.8 Å². The minimum Gasteiger partial charge on any atom is -0.320 e. The highest BCUT2D eigenvalue weighted by molar-refractivity contribution is 5.86. The first-order chi connectivity index (χ1) is 10.3. The van der Waals surface area contributed by atoms with Crippen molar-refractivity contribution in [3.8, 4) is 0 Å². The third kappa shape index (κ3) is 2.84. The van der Waals surface area contributed by atoms with E-state index in [1.165, 1.54) is 27.5 Å². The van der Waals surface area contributed by atoms with Crippen molar-refractivity contribution in [3.63, 3.8) is 0 Å². The van der Waals surface area contributed by atoms with E-state index in [1.54, 1.807) is 0 Å². The Balaban J connectivity index is 2.04. The van der Waals surface area contributed by atoms with Gasteiger partial charge in [-0.2, -0.15) is 0 Å². The fourth-order valence-corrected chi connectivity index (χ4v) is 2.93. The molecule has 2 N–H and O–H groups in total. The van der Waals surface area contributed by atoms with Crippen LogP contribution in [0.4, 0.5) is 0 Å². The molecule has 0 saturated heterocycles. The Kier molecular flexibility index (Phi) is 4.03. The predicted molar refractivity (Wildman–Crippen MR) is 90.4 cm³/mol. The molecule has 3 aromatic rings. The molecule has 1 nitrogen and oxygen atoms in total. The van der Waals surface area contributed by atoms with Gasteiger partial charge in [0.2, 0.25) is 0 Å². The number of fused-ring (bicyclic) bond motifs is 1. The van der Waals surface area contributed by atoms with Crippen molar-refractivity contribution in [1.82, 2.24) is 0 Å². The van der Waals surface area contributed by atoms with Gasteiger partial charge in [-0.1, -0.05) is 80.1 Å². The van der Waals surface area contributed by atoms with Crippen LogP contribution in [0.3, 0.4) is 0 Å². The summed E-state index contributed by atoms with van der Waals surface area (Å²) in [5, 5.41) is 2.49. The molecule has 0 amide bonds. The molecule has 0 spiro atoms. The molecule has 1 atom stereocenters. The van der Waals surface area contributed by atoms with Crippen molar-refractivity contribution in [2.24, 2.45) is 5.73 Å². The zero-order valence-corrected chi connectivity index (χ0v) is 12.4. The molecule has 106 valence electrons. The maximum Gasteiger partial charge on any atom is 0.0557 e. The molecule has 0 aliphatic heterocycles. The molecule has 21 heavy (non-hydrogen) atoms.